The second-order valence-electron chi connectivity index (χ2n) is 5.74. The molecule has 0 spiro atoms. The van der Waals surface area contributed by atoms with Crippen LogP contribution in [-0.2, 0) is 9.47 Å². The highest BCUT2D eigenvalue weighted by Crippen LogP contribution is 2.25. The van der Waals surface area contributed by atoms with Gasteiger partial charge >= 0.3 is 11.9 Å². The summed E-state index contributed by atoms with van der Waals surface area (Å²) in [5.41, 5.74) is 0.688. The second-order valence-corrected chi connectivity index (χ2v) is 6.65. The average molecular weight is 451 g/mol. The fourth-order valence-electron chi connectivity index (χ4n) is 2.24. The first-order chi connectivity index (χ1) is 13.5. The topological polar surface area (TPSA) is 71.1 Å². The average Bonchev–Trinajstić information content (AvgIpc) is 2.70. The van der Waals surface area contributed by atoms with Gasteiger partial charge in [-0.2, -0.15) is 0 Å². The number of benzene rings is 2. The van der Waals surface area contributed by atoms with Crippen LogP contribution < -0.4 is 9.47 Å². The lowest BCUT2D eigenvalue weighted by molar-refractivity contribution is 0.0335. The molecule has 0 atom stereocenters. The summed E-state index contributed by atoms with van der Waals surface area (Å²) in [6.07, 6.45) is 0.826. The smallest absolute Gasteiger partial charge is 0.347 e. The van der Waals surface area contributed by atoms with E-state index in [0.29, 0.717) is 42.4 Å². The molecule has 0 heterocycles. The quantitative estimate of drug-likeness (QED) is 0.298. The van der Waals surface area contributed by atoms with Crippen LogP contribution in [0.5, 0.6) is 11.5 Å². The molecular weight excluding hydrogens is 428 g/mol. The molecule has 7 heteroatoms. The van der Waals surface area contributed by atoms with E-state index < -0.39 is 11.9 Å². The van der Waals surface area contributed by atoms with Gasteiger partial charge in [-0.1, -0.05) is 22.9 Å². The lowest BCUT2D eigenvalue weighted by atomic mass is 10.2. The van der Waals surface area contributed by atoms with Gasteiger partial charge in [-0.15, -0.1) is 0 Å². The number of carbonyl (C=O) groups is 2. The van der Waals surface area contributed by atoms with Crippen LogP contribution in [0.25, 0.3) is 0 Å². The maximum absolute atomic E-state index is 12.5. The van der Waals surface area contributed by atoms with Crippen molar-refractivity contribution in [1.29, 1.82) is 0 Å². The number of hydrogen-bond donors (Lipinski definition) is 0. The van der Waals surface area contributed by atoms with Gasteiger partial charge in [-0.3, -0.25) is 0 Å². The zero-order valence-corrected chi connectivity index (χ0v) is 17.5. The summed E-state index contributed by atoms with van der Waals surface area (Å²) in [6.45, 7) is 5.47. The SMILES string of the molecule is CCCOc1ccc(Br)cc1C(=O)Oc1ccc(C(=O)OCCOCC)cc1. The summed E-state index contributed by atoms with van der Waals surface area (Å²) in [5, 5.41) is 0. The van der Waals surface area contributed by atoms with Gasteiger partial charge < -0.3 is 18.9 Å². The minimum atomic E-state index is -0.542. The van der Waals surface area contributed by atoms with E-state index in [1.165, 1.54) is 0 Å². The molecule has 0 aliphatic rings. The highest BCUT2D eigenvalue weighted by molar-refractivity contribution is 9.10. The number of ether oxygens (including phenoxy) is 4. The Kier molecular flexibility index (Phi) is 8.97. The fraction of sp³-hybridized carbons (Fsp3) is 0.333. The van der Waals surface area contributed by atoms with Crippen LogP contribution in [0, 0.1) is 0 Å². The number of hydrogen-bond acceptors (Lipinski definition) is 6. The van der Waals surface area contributed by atoms with Gasteiger partial charge in [0, 0.05) is 11.1 Å². The first-order valence-corrected chi connectivity index (χ1v) is 9.84. The van der Waals surface area contributed by atoms with E-state index in [1.807, 2.05) is 13.8 Å². The van der Waals surface area contributed by atoms with Crippen LogP contribution in [-0.4, -0.2) is 38.4 Å². The van der Waals surface area contributed by atoms with Gasteiger partial charge in [0.2, 0.25) is 0 Å². The highest BCUT2D eigenvalue weighted by Gasteiger charge is 2.16. The van der Waals surface area contributed by atoms with Crippen LogP contribution >= 0.6 is 15.9 Å². The molecule has 0 saturated heterocycles. The Balaban J connectivity index is 2.01. The zero-order chi connectivity index (χ0) is 20.4. The predicted octanol–water partition coefficient (Wildman–Crippen LogP) is 4.65. The van der Waals surface area contributed by atoms with Crippen molar-refractivity contribution in [3.8, 4) is 11.5 Å². The van der Waals surface area contributed by atoms with Crippen LogP contribution in [0.4, 0.5) is 0 Å². The van der Waals surface area contributed by atoms with Crippen LogP contribution in [0.2, 0.25) is 0 Å². The van der Waals surface area contributed by atoms with E-state index >= 15 is 0 Å². The Morgan fingerprint density at radius 3 is 2.36 bits per heavy atom. The van der Waals surface area contributed by atoms with Crippen molar-refractivity contribution < 1.29 is 28.5 Å². The molecule has 6 nitrogen and oxygen atoms in total. The van der Waals surface area contributed by atoms with E-state index in [4.69, 9.17) is 18.9 Å². The maximum Gasteiger partial charge on any atom is 0.347 e. The monoisotopic (exact) mass is 450 g/mol. The molecule has 2 aromatic carbocycles. The van der Waals surface area contributed by atoms with Crippen LogP contribution in [0.15, 0.2) is 46.9 Å². The second kappa shape index (κ2) is 11.5. The molecule has 0 saturated carbocycles. The van der Waals surface area contributed by atoms with Crippen molar-refractivity contribution >= 4 is 27.9 Å². The van der Waals surface area contributed by atoms with Crippen LogP contribution in [0.1, 0.15) is 41.0 Å². The molecule has 2 rings (SSSR count). The fourth-order valence-corrected chi connectivity index (χ4v) is 2.60. The minimum Gasteiger partial charge on any atom is -0.493 e. The summed E-state index contributed by atoms with van der Waals surface area (Å²) in [4.78, 5) is 24.5. The largest absolute Gasteiger partial charge is 0.493 e. The molecule has 0 bridgehead atoms. The Bertz CT molecular complexity index is 788. The summed E-state index contributed by atoms with van der Waals surface area (Å²) in [5.74, 6) is -0.221. The zero-order valence-electron chi connectivity index (χ0n) is 15.9. The van der Waals surface area contributed by atoms with Gasteiger partial charge in [0.25, 0.3) is 0 Å². The van der Waals surface area contributed by atoms with Gasteiger partial charge in [-0.25, -0.2) is 9.59 Å². The molecule has 0 N–H and O–H groups in total. The summed E-state index contributed by atoms with van der Waals surface area (Å²) in [6, 6.07) is 11.3. The third kappa shape index (κ3) is 6.65. The summed E-state index contributed by atoms with van der Waals surface area (Å²) >= 11 is 3.35. The van der Waals surface area contributed by atoms with Crippen LogP contribution in [0.3, 0.4) is 0 Å². The molecule has 0 amide bonds. The van der Waals surface area contributed by atoms with E-state index in [-0.39, 0.29) is 6.61 Å². The molecule has 0 unspecified atom stereocenters. The number of halogens is 1. The predicted molar refractivity (Wildman–Crippen MR) is 108 cm³/mol. The lowest BCUT2D eigenvalue weighted by Gasteiger charge is -2.11. The van der Waals surface area contributed by atoms with Gasteiger partial charge in [0.1, 0.15) is 23.7 Å². The Hall–Kier alpha value is -2.38. The van der Waals surface area contributed by atoms with Crippen molar-refractivity contribution in [2.75, 3.05) is 26.4 Å². The first kappa shape index (κ1) is 21.9. The van der Waals surface area contributed by atoms with E-state index in [2.05, 4.69) is 15.9 Å². The molecule has 28 heavy (non-hydrogen) atoms. The van der Waals surface area contributed by atoms with Crippen molar-refractivity contribution in [1.82, 2.24) is 0 Å². The molecule has 150 valence electrons. The molecule has 0 fully saturated rings. The minimum absolute atomic E-state index is 0.187. The summed E-state index contributed by atoms with van der Waals surface area (Å²) in [7, 11) is 0. The highest BCUT2D eigenvalue weighted by atomic mass is 79.9. The third-order valence-corrected chi connectivity index (χ3v) is 4.08. The first-order valence-electron chi connectivity index (χ1n) is 9.04. The van der Waals surface area contributed by atoms with E-state index in [1.54, 1.807) is 42.5 Å². The maximum atomic E-state index is 12.5. The summed E-state index contributed by atoms with van der Waals surface area (Å²) < 4.78 is 22.0. The van der Waals surface area contributed by atoms with Crippen molar-refractivity contribution in [2.45, 2.75) is 20.3 Å². The van der Waals surface area contributed by atoms with Gasteiger partial charge in [-0.05, 0) is 55.8 Å². The molecule has 0 aliphatic carbocycles. The number of rotatable bonds is 10. The number of carbonyl (C=O) groups excluding carboxylic acids is 2. The van der Waals surface area contributed by atoms with Gasteiger partial charge in [0.05, 0.1) is 18.8 Å². The molecule has 0 aromatic heterocycles. The Morgan fingerprint density at radius 2 is 1.68 bits per heavy atom. The van der Waals surface area contributed by atoms with Crippen molar-refractivity contribution in [2.24, 2.45) is 0 Å². The lowest BCUT2D eigenvalue weighted by Crippen LogP contribution is -2.12. The van der Waals surface area contributed by atoms with E-state index in [9.17, 15) is 9.59 Å². The number of esters is 2. The Labute approximate surface area is 172 Å². The van der Waals surface area contributed by atoms with Crippen molar-refractivity contribution in [3.63, 3.8) is 0 Å². The molecule has 0 radical (unpaired) electrons. The standard InChI is InChI=1S/C21H23BrO6/c1-3-11-26-19-10-7-16(22)14-18(19)21(24)28-17-8-5-15(6-9-17)20(23)27-13-12-25-4-2/h5-10,14H,3-4,11-13H2,1-2H3. The molecule has 2 aromatic rings. The Morgan fingerprint density at radius 1 is 0.929 bits per heavy atom. The van der Waals surface area contributed by atoms with Crippen molar-refractivity contribution in [3.05, 3.63) is 58.1 Å². The molecular formula is C21H23BrO6. The molecule has 0 aliphatic heterocycles. The normalized spacial score (nSPS) is 10.4. The van der Waals surface area contributed by atoms with E-state index in [0.717, 1.165) is 10.9 Å². The third-order valence-electron chi connectivity index (χ3n) is 3.59. The van der Waals surface area contributed by atoms with Gasteiger partial charge in [0.15, 0.2) is 0 Å².